The first-order valence-electron chi connectivity index (χ1n) is 13.1. The lowest BCUT2D eigenvalue weighted by atomic mass is 9.98. The van der Waals surface area contributed by atoms with E-state index < -0.39 is 0 Å². The number of carbonyl (C=O) groups is 3. The molecule has 0 heterocycles. The Morgan fingerprint density at radius 2 is 1.67 bits per heavy atom. The van der Waals surface area contributed by atoms with E-state index in [0.717, 1.165) is 31.2 Å². The maximum Gasteiger partial charge on any atom is 0.305 e. The van der Waals surface area contributed by atoms with E-state index in [1.807, 2.05) is 0 Å². The Morgan fingerprint density at radius 3 is 2.33 bits per heavy atom. The summed E-state index contributed by atoms with van der Waals surface area (Å²) < 4.78 is 16.7. The number of benzene rings is 3. The van der Waals surface area contributed by atoms with Crippen LogP contribution >= 0.6 is 0 Å². The summed E-state index contributed by atoms with van der Waals surface area (Å²) in [5.74, 6) is 0.0210. The molecule has 8 nitrogen and oxygen atoms in total. The highest BCUT2D eigenvalue weighted by molar-refractivity contribution is 6.11. The second-order valence-corrected chi connectivity index (χ2v) is 9.50. The van der Waals surface area contributed by atoms with Crippen LogP contribution in [0.3, 0.4) is 0 Å². The highest BCUT2D eigenvalue weighted by atomic mass is 16.5. The Balaban J connectivity index is 1.51. The van der Waals surface area contributed by atoms with Crippen LogP contribution in [0.25, 0.3) is 0 Å². The van der Waals surface area contributed by atoms with Crippen molar-refractivity contribution in [2.24, 2.45) is 0 Å². The van der Waals surface area contributed by atoms with Gasteiger partial charge in [0, 0.05) is 30.7 Å². The van der Waals surface area contributed by atoms with Crippen LogP contribution in [-0.4, -0.2) is 43.0 Å². The molecular formula is C31H33NO7. The summed E-state index contributed by atoms with van der Waals surface area (Å²) in [5.41, 5.74) is 2.58. The van der Waals surface area contributed by atoms with Crippen molar-refractivity contribution < 1.29 is 33.7 Å². The number of hydrogen-bond donors (Lipinski definition) is 2. The average Bonchev–Trinajstić information content (AvgIpc) is 3.47. The van der Waals surface area contributed by atoms with E-state index in [9.17, 15) is 19.5 Å². The van der Waals surface area contributed by atoms with Crippen LogP contribution < -0.4 is 14.8 Å². The summed E-state index contributed by atoms with van der Waals surface area (Å²) in [5, 5.41) is 13.2. The number of ether oxygens (including phenoxy) is 3. The third-order valence-electron chi connectivity index (χ3n) is 6.81. The molecule has 39 heavy (non-hydrogen) atoms. The van der Waals surface area contributed by atoms with Gasteiger partial charge in [-0.1, -0.05) is 12.1 Å². The van der Waals surface area contributed by atoms with Gasteiger partial charge in [-0.05, 0) is 85.7 Å². The zero-order valence-corrected chi connectivity index (χ0v) is 22.2. The molecule has 2 N–H and O–H groups in total. The zero-order valence-electron chi connectivity index (χ0n) is 22.2. The molecule has 0 bridgehead atoms. The second kappa shape index (κ2) is 13.0. The van der Waals surface area contributed by atoms with Gasteiger partial charge >= 0.3 is 5.97 Å². The highest BCUT2D eigenvalue weighted by Crippen LogP contribution is 2.31. The molecular weight excluding hydrogens is 498 g/mol. The summed E-state index contributed by atoms with van der Waals surface area (Å²) in [6.07, 6.45) is 4.81. The Kier molecular flexibility index (Phi) is 9.20. The number of ketones is 1. The molecule has 0 spiro atoms. The van der Waals surface area contributed by atoms with Gasteiger partial charge in [0.15, 0.2) is 5.78 Å². The molecule has 0 radical (unpaired) electrons. The van der Waals surface area contributed by atoms with Gasteiger partial charge in [0.05, 0.1) is 18.8 Å². The van der Waals surface area contributed by atoms with Gasteiger partial charge in [0.2, 0.25) is 0 Å². The minimum absolute atomic E-state index is 0.115. The van der Waals surface area contributed by atoms with E-state index in [1.54, 1.807) is 61.6 Å². The van der Waals surface area contributed by atoms with Crippen LogP contribution in [0.2, 0.25) is 0 Å². The van der Waals surface area contributed by atoms with Gasteiger partial charge in [-0.2, -0.15) is 0 Å². The molecule has 3 aromatic carbocycles. The molecule has 0 aliphatic heterocycles. The van der Waals surface area contributed by atoms with E-state index in [4.69, 9.17) is 14.2 Å². The van der Waals surface area contributed by atoms with Crippen molar-refractivity contribution >= 4 is 17.7 Å². The molecule has 4 rings (SSSR count). The molecule has 0 aromatic heterocycles. The van der Waals surface area contributed by atoms with E-state index in [2.05, 4.69) is 5.32 Å². The largest absolute Gasteiger partial charge is 0.507 e. The summed E-state index contributed by atoms with van der Waals surface area (Å²) >= 11 is 0. The number of phenolic OH excluding ortho intramolecular Hbond substituents is 1. The molecule has 0 unspecified atom stereocenters. The van der Waals surface area contributed by atoms with Crippen LogP contribution in [0.5, 0.6) is 17.2 Å². The summed E-state index contributed by atoms with van der Waals surface area (Å²) in [6.45, 7) is 0.232. The zero-order chi connectivity index (χ0) is 27.8. The lowest BCUT2D eigenvalue weighted by Crippen LogP contribution is -2.17. The lowest BCUT2D eigenvalue weighted by Gasteiger charge is -2.15. The van der Waals surface area contributed by atoms with Gasteiger partial charge in [0.1, 0.15) is 23.9 Å². The van der Waals surface area contributed by atoms with Crippen molar-refractivity contribution in [3.63, 3.8) is 0 Å². The molecule has 1 saturated carbocycles. The molecule has 3 aromatic rings. The predicted octanol–water partition coefficient (Wildman–Crippen LogP) is 4.99. The molecule has 204 valence electrons. The van der Waals surface area contributed by atoms with Crippen molar-refractivity contribution in [1.29, 1.82) is 0 Å². The number of carbonyl (C=O) groups excluding carboxylic acids is 3. The Morgan fingerprint density at radius 1 is 0.949 bits per heavy atom. The van der Waals surface area contributed by atoms with Crippen LogP contribution in [0.15, 0.2) is 60.7 Å². The van der Waals surface area contributed by atoms with Crippen molar-refractivity contribution in [3.8, 4) is 17.2 Å². The van der Waals surface area contributed by atoms with Crippen molar-refractivity contribution in [2.45, 2.75) is 51.2 Å². The van der Waals surface area contributed by atoms with E-state index in [0.29, 0.717) is 34.6 Å². The summed E-state index contributed by atoms with van der Waals surface area (Å²) in [7, 11) is 2.90. The SMILES string of the molecule is CNC(=O)c1ccc(COc2ccc(C(=O)c3ccc(OC4CCCC4)cc3O)cc2CCC(=O)OC)cc1. The average molecular weight is 532 g/mol. The maximum absolute atomic E-state index is 13.3. The molecule has 1 aliphatic carbocycles. The summed E-state index contributed by atoms with van der Waals surface area (Å²) in [6, 6.07) is 16.8. The fraction of sp³-hybridized carbons (Fsp3) is 0.323. The van der Waals surface area contributed by atoms with Crippen molar-refractivity contribution in [2.75, 3.05) is 14.2 Å². The van der Waals surface area contributed by atoms with Crippen molar-refractivity contribution in [1.82, 2.24) is 5.32 Å². The molecule has 1 aliphatic rings. The van der Waals surface area contributed by atoms with Gasteiger partial charge < -0.3 is 24.6 Å². The topological polar surface area (TPSA) is 111 Å². The monoisotopic (exact) mass is 531 g/mol. The van der Waals surface area contributed by atoms with Gasteiger partial charge in [0.25, 0.3) is 5.91 Å². The standard InChI is InChI=1S/C31H33NO7/c1-32-31(36)21-9-7-20(8-10-21)19-38-28-15-11-23(17-22(28)12-16-29(34)37-2)30(35)26-14-13-25(18-27(26)33)39-24-5-3-4-6-24/h7-11,13-15,17-18,24,33H,3-6,12,16,19H2,1-2H3,(H,32,36). The fourth-order valence-electron chi connectivity index (χ4n) is 4.58. The number of nitrogens with one attached hydrogen (secondary N) is 1. The smallest absolute Gasteiger partial charge is 0.305 e. The van der Waals surface area contributed by atoms with E-state index >= 15 is 0 Å². The molecule has 0 saturated heterocycles. The second-order valence-electron chi connectivity index (χ2n) is 9.50. The molecule has 1 fully saturated rings. The van der Waals surface area contributed by atoms with Gasteiger partial charge in [-0.25, -0.2) is 0 Å². The maximum atomic E-state index is 13.3. The molecule has 0 atom stereocenters. The Labute approximate surface area is 227 Å². The van der Waals surface area contributed by atoms with E-state index in [1.165, 1.54) is 13.2 Å². The number of amides is 1. The normalized spacial score (nSPS) is 13.1. The minimum atomic E-state index is -0.377. The van der Waals surface area contributed by atoms with Crippen LogP contribution in [0, 0.1) is 0 Å². The minimum Gasteiger partial charge on any atom is -0.507 e. The highest BCUT2D eigenvalue weighted by Gasteiger charge is 2.20. The van der Waals surface area contributed by atoms with Crippen LogP contribution in [0.4, 0.5) is 0 Å². The number of phenols is 1. The quantitative estimate of drug-likeness (QED) is 0.265. The first-order chi connectivity index (χ1) is 18.9. The van der Waals surface area contributed by atoms with Crippen LogP contribution in [0.1, 0.15) is 69.5 Å². The number of aryl methyl sites for hydroxylation is 1. The van der Waals surface area contributed by atoms with Crippen molar-refractivity contribution in [3.05, 3.63) is 88.5 Å². The van der Waals surface area contributed by atoms with Gasteiger partial charge in [-0.15, -0.1) is 0 Å². The number of methoxy groups -OCH3 is 1. The number of esters is 1. The number of aromatic hydroxyl groups is 1. The van der Waals surface area contributed by atoms with Crippen LogP contribution in [-0.2, 0) is 22.6 Å². The Hall–Kier alpha value is -4.33. The number of rotatable bonds is 11. The third-order valence-corrected chi connectivity index (χ3v) is 6.81. The first-order valence-corrected chi connectivity index (χ1v) is 13.1. The lowest BCUT2D eigenvalue weighted by molar-refractivity contribution is -0.140. The third kappa shape index (κ3) is 7.16. The van der Waals surface area contributed by atoms with E-state index in [-0.39, 0.29) is 48.1 Å². The fourth-order valence-corrected chi connectivity index (χ4v) is 4.58. The first kappa shape index (κ1) is 27.7. The number of hydrogen-bond acceptors (Lipinski definition) is 7. The molecule has 8 heteroatoms. The summed E-state index contributed by atoms with van der Waals surface area (Å²) in [4.78, 5) is 36.9. The van der Waals surface area contributed by atoms with Gasteiger partial charge in [-0.3, -0.25) is 14.4 Å². The molecule has 1 amide bonds. The predicted molar refractivity (Wildman–Crippen MR) is 145 cm³/mol. The Bertz CT molecular complexity index is 1330.